The Labute approximate surface area is 227 Å². The molecule has 198 valence electrons. The Balaban J connectivity index is 1.62. The first kappa shape index (κ1) is 26.2. The minimum Gasteiger partial charge on any atom is -0.489 e. The van der Waals surface area contributed by atoms with Crippen LogP contribution in [-0.4, -0.2) is 23.5 Å². The molecule has 0 aliphatic rings. The van der Waals surface area contributed by atoms with Crippen LogP contribution in [0, 0.1) is 6.92 Å². The summed E-state index contributed by atoms with van der Waals surface area (Å²) < 4.78 is 34.8. The zero-order valence-corrected chi connectivity index (χ0v) is 22.2. The molecule has 5 rings (SSSR count). The summed E-state index contributed by atoms with van der Waals surface area (Å²) >= 11 is 0. The molecule has 8 heteroatoms. The number of para-hydroxylation sites is 1. The van der Waals surface area contributed by atoms with Crippen LogP contribution in [0.15, 0.2) is 102 Å². The fourth-order valence-electron chi connectivity index (χ4n) is 4.57. The SMILES string of the molecule is Cc1ccc(S(=O)(=O)n2cc(COc3ccccc3CC(=O)O)c3cc(-c4cccc(CN)c4)ccc32)cc1. The predicted molar refractivity (Wildman–Crippen MR) is 151 cm³/mol. The number of nitrogens with two attached hydrogens (primary N) is 1. The first-order valence-corrected chi connectivity index (χ1v) is 13.9. The highest BCUT2D eigenvalue weighted by Gasteiger charge is 2.22. The average Bonchev–Trinajstić information content (AvgIpc) is 3.31. The Kier molecular flexibility index (Phi) is 7.24. The molecule has 0 atom stereocenters. The van der Waals surface area contributed by atoms with Crippen LogP contribution in [0.2, 0.25) is 0 Å². The smallest absolute Gasteiger partial charge is 0.307 e. The number of aromatic nitrogens is 1. The van der Waals surface area contributed by atoms with Crippen molar-refractivity contribution < 1.29 is 23.1 Å². The second-order valence-corrected chi connectivity index (χ2v) is 11.2. The molecule has 0 amide bonds. The summed E-state index contributed by atoms with van der Waals surface area (Å²) in [6.45, 7) is 2.37. The van der Waals surface area contributed by atoms with Gasteiger partial charge in [0.1, 0.15) is 12.4 Å². The molecule has 3 N–H and O–H groups in total. The van der Waals surface area contributed by atoms with Crippen molar-refractivity contribution in [3.05, 3.63) is 119 Å². The molecule has 0 aliphatic heterocycles. The molecule has 1 heterocycles. The van der Waals surface area contributed by atoms with E-state index in [-0.39, 0.29) is 17.9 Å². The number of hydrogen-bond donors (Lipinski definition) is 2. The Morgan fingerprint density at radius 2 is 1.64 bits per heavy atom. The van der Waals surface area contributed by atoms with Crippen molar-refractivity contribution in [1.29, 1.82) is 0 Å². The van der Waals surface area contributed by atoms with Crippen LogP contribution in [0.4, 0.5) is 0 Å². The molecule has 0 aliphatic carbocycles. The van der Waals surface area contributed by atoms with Gasteiger partial charge in [-0.15, -0.1) is 0 Å². The van der Waals surface area contributed by atoms with Gasteiger partial charge in [0.2, 0.25) is 0 Å². The van der Waals surface area contributed by atoms with Crippen molar-refractivity contribution in [2.24, 2.45) is 5.73 Å². The van der Waals surface area contributed by atoms with Gasteiger partial charge in [-0.1, -0.05) is 60.2 Å². The number of benzene rings is 4. The molecule has 1 aromatic heterocycles. The van der Waals surface area contributed by atoms with E-state index < -0.39 is 16.0 Å². The Hall–Kier alpha value is -4.40. The summed E-state index contributed by atoms with van der Waals surface area (Å²) in [6.07, 6.45) is 1.40. The number of fused-ring (bicyclic) bond motifs is 1. The Morgan fingerprint density at radius 3 is 2.38 bits per heavy atom. The van der Waals surface area contributed by atoms with E-state index in [1.165, 1.54) is 3.97 Å². The first-order chi connectivity index (χ1) is 18.8. The Bertz CT molecular complexity index is 1770. The van der Waals surface area contributed by atoms with E-state index in [9.17, 15) is 18.3 Å². The third-order valence-corrected chi connectivity index (χ3v) is 8.31. The highest BCUT2D eigenvalue weighted by molar-refractivity contribution is 7.90. The highest BCUT2D eigenvalue weighted by atomic mass is 32.2. The van der Waals surface area contributed by atoms with Crippen LogP contribution < -0.4 is 10.5 Å². The third kappa shape index (κ3) is 5.43. The fraction of sp³-hybridized carbons (Fsp3) is 0.129. The van der Waals surface area contributed by atoms with Gasteiger partial charge in [0.15, 0.2) is 0 Å². The molecule has 0 saturated heterocycles. The van der Waals surface area contributed by atoms with Crippen molar-refractivity contribution in [2.75, 3.05) is 0 Å². The molecular weight excluding hydrogens is 512 g/mol. The molecule has 5 aromatic rings. The number of aryl methyl sites for hydroxylation is 1. The topological polar surface area (TPSA) is 112 Å². The van der Waals surface area contributed by atoms with Crippen molar-refractivity contribution in [2.45, 2.75) is 31.4 Å². The van der Waals surface area contributed by atoms with E-state index in [0.717, 1.165) is 27.6 Å². The minimum absolute atomic E-state index is 0.0514. The van der Waals surface area contributed by atoms with Gasteiger partial charge in [-0.2, -0.15) is 0 Å². The molecule has 0 unspecified atom stereocenters. The molecule has 0 radical (unpaired) electrons. The van der Waals surface area contributed by atoms with Crippen molar-refractivity contribution >= 4 is 26.9 Å². The van der Waals surface area contributed by atoms with Crippen LogP contribution in [-0.2, 0) is 34.4 Å². The van der Waals surface area contributed by atoms with Gasteiger partial charge in [0, 0.05) is 29.3 Å². The van der Waals surface area contributed by atoms with Gasteiger partial charge in [0.25, 0.3) is 10.0 Å². The van der Waals surface area contributed by atoms with E-state index in [1.54, 1.807) is 60.8 Å². The average molecular weight is 541 g/mol. The molecule has 4 aromatic carbocycles. The zero-order chi connectivity index (χ0) is 27.6. The standard InChI is InChI=1S/C31H28N2O5S/c1-21-9-12-27(13-10-21)39(36,37)33-19-26(20-38-30-8-3-2-6-25(30)17-31(34)35)28-16-24(11-14-29(28)33)23-7-4-5-22(15-23)18-32/h2-16,19H,17-18,20,32H2,1H3,(H,34,35). The summed E-state index contributed by atoms with van der Waals surface area (Å²) in [4.78, 5) is 11.5. The van der Waals surface area contributed by atoms with Gasteiger partial charge >= 0.3 is 5.97 Å². The summed E-state index contributed by atoms with van der Waals surface area (Å²) in [5.74, 6) is -0.523. The predicted octanol–water partition coefficient (Wildman–Crippen LogP) is 5.52. The first-order valence-electron chi connectivity index (χ1n) is 12.4. The lowest BCUT2D eigenvalue weighted by molar-refractivity contribution is -0.136. The number of carbonyl (C=O) groups is 1. The molecule has 7 nitrogen and oxygen atoms in total. The van der Waals surface area contributed by atoms with Gasteiger partial charge < -0.3 is 15.6 Å². The van der Waals surface area contributed by atoms with Gasteiger partial charge in [-0.25, -0.2) is 12.4 Å². The molecule has 39 heavy (non-hydrogen) atoms. The largest absolute Gasteiger partial charge is 0.489 e. The molecule has 0 fully saturated rings. The van der Waals surface area contributed by atoms with Crippen molar-refractivity contribution in [3.63, 3.8) is 0 Å². The van der Waals surface area contributed by atoms with E-state index in [1.807, 2.05) is 43.3 Å². The monoisotopic (exact) mass is 540 g/mol. The maximum atomic E-state index is 13.7. The number of nitrogens with zero attached hydrogens (tertiary/aromatic N) is 1. The maximum absolute atomic E-state index is 13.7. The van der Waals surface area contributed by atoms with E-state index in [2.05, 4.69) is 0 Å². The maximum Gasteiger partial charge on any atom is 0.307 e. The van der Waals surface area contributed by atoms with Gasteiger partial charge in [0.05, 0.1) is 16.8 Å². The number of hydrogen-bond acceptors (Lipinski definition) is 5. The lowest BCUT2D eigenvalue weighted by atomic mass is 10.0. The zero-order valence-electron chi connectivity index (χ0n) is 21.4. The van der Waals surface area contributed by atoms with Gasteiger partial charge in [-0.05, 0) is 60.0 Å². The lowest BCUT2D eigenvalue weighted by Crippen LogP contribution is -2.12. The van der Waals surface area contributed by atoms with Crippen LogP contribution in [0.1, 0.15) is 22.3 Å². The van der Waals surface area contributed by atoms with E-state index >= 15 is 0 Å². The van der Waals surface area contributed by atoms with Crippen LogP contribution in [0.25, 0.3) is 22.0 Å². The lowest BCUT2D eigenvalue weighted by Gasteiger charge is -2.10. The minimum atomic E-state index is -3.89. The number of rotatable bonds is 9. The van der Waals surface area contributed by atoms with Crippen LogP contribution >= 0.6 is 0 Å². The van der Waals surface area contributed by atoms with Gasteiger partial charge in [-0.3, -0.25) is 4.79 Å². The van der Waals surface area contributed by atoms with Crippen molar-refractivity contribution in [3.8, 4) is 16.9 Å². The van der Waals surface area contributed by atoms with Crippen LogP contribution in [0.3, 0.4) is 0 Å². The molecule has 0 bridgehead atoms. The normalized spacial score (nSPS) is 11.5. The molecule has 0 spiro atoms. The summed E-state index contributed by atoms with van der Waals surface area (Å²) in [5, 5.41) is 10.00. The fourth-order valence-corrected chi connectivity index (χ4v) is 5.96. The molecule has 0 saturated carbocycles. The van der Waals surface area contributed by atoms with Crippen molar-refractivity contribution in [1.82, 2.24) is 3.97 Å². The summed E-state index contributed by atoms with van der Waals surface area (Å²) in [7, 11) is -3.89. The van der Waals surface area contributed by atoms with E-state index in [4.69, 9.17) is 10.5 Å². The number of ether oxygens (including phenoxy) is 1. The number of carboxylic acids is 1. The quantitative estimate of drug-likeness (QED) is 0.255. The number of carboxylic acid groups (broad SMARTS) is 1. The third-order valence-electron chi connectivity index (χ3n) is 6.62. The van der Waals surface area contributed by atoms with E-state index in [0.29, 0.717) is 28.9 Å². The Morgan fingerprint density at radius 1 is 0.897 bits per heavy atom. The molecular formula is C31H28N2O5S. The second kappa shape index (κ2) is 10.8. The van der Waals surface area contributed by atoms with Crippen LogP contribution in [0.5, 0.6) is 5.75 Å². The summed E-state index contributed by atoms with van der Waals surface area (Å²) in [5.41, 5.74) is 11.4. The number of aliphatic carboxylic acids is 1. The second-order valence-electron chi connectivity index (χ2n) is 9.37. The summed E-state index contributed by atoms with van der Waals surface area (Å²) in [6, 6.07) is 27.2. The highest BCUT2D eigenvalue weighted by Crippen LogP contribution is 2.32.